The first-order valence-corrected chi connectivity index (χ1v) is 6.22. The summed E-state index contributed by atoms with van der Waals surface area (Å²) in [6.07, 6.45) is 3.64. The van der Waals surface area contributed by atoms with Crippen LogP contribution in [0.3, 0.4) is 0 Å². The van der Waals surface area contributed by atoms with Crippen LogP contribution in [0.4, 0.5) is 5.82 Å². The summed E-state index contributed by atoms with van der Waals surface area (Å²) in [5, 5.41) is 7.12. The minimum atomic E-state index is -3.77. The first kappa shape index (κ1) is 11.7. The number of nitrogens with one attached hydrogen (secondary N) is 1. The second-order valence-corrected chi connectivity index (χ2v) is 4.92. The Hall–Kier alpha value is -1.80. The van der Waals surface area contributed by atoms with Gasteiger partial charge in [0.25, 0.3) is 10.0 Å². The summed E-state index contributed by atoms with van der Waals surface area (Å²) in [7, 11) is -3.77. The topological polar surface area (TPSA) is 97.7 Å². The molecule has 9 heteroatoms. The van der Waals surface area contributed by atoms with Crippen molar-refractivity contribution in [3.63, 3.8) is 0 Å². The highest BCUT2D eigenvalue weighted by Crippen LogP contribution is 2.12. The van der Waals surface area contributed by atoms with Crippen molar-refractivity contribution in [2.45, 2.75) is 4.90 Å². The van der Waals surface area contributed by atoms with E-state index < -0.39 is 10.0 Å². The van der Waals surface area contributed by atoms with E-state index in [2.05, 4.69) is 24.9 Å². The molecule has 2 rings (SSSR count). The number of halogens is 1. The number of sulfonamides is 1. The van der Waals surface area contributed by atoms with Crippen molar-refractivity contribution in [1.82, 2.24) is 20.2 Å². The smallest absolute Gasteiger partial charge is 0.262 e. The van der Waals surface area contributed by atoms with Crippen molar-refractivity contribution in [3.05, 3.63) is 36.0 Å². The highest BCUT2D eigenvalue weighted by molar-refractivity contribution is 7.92. The highest BCUT2D eigenvalue weighted by Gasteiger charge is 2.15. The Labute approximate surface area is 102 Å². The highest BCUT2D eigenvalue weighted by atomic mass is 35.5. The standard InChI is InChI=1S/C8H6ClN5O2S/c9-8-10-4-6(5-11-8)17(15,16)14-7-2-1-3-12-13-7/h1-5H,(H,13,14). The lowest BCUT2D eigenvalue weighted by atomic mass is 10.6. The molecule has 2 aromatic heterocycles. The second kappa shape index (κ2) is 4.60. The molecule has 0 amide bonds. The summed E-state index contributed by atoms with van der Waals surface area (Å²) in [6, 6.07) is 3.03. The third-order valence-corrected chi connectivity index (χ3v) is 3.22. The lowest BCUT2D eigenvalue weighted by Crippen LogP contribution is -2.14. The van der Waals surface area contributed by atoms with Crippen molar-refractivity contribution in [3.8, 4) is 0 Å². The van der Waals surface area contributed by atoms with E-state index in [1.165, 1.54) is 12.3 Å². The van der Waals surface area contributed by atoms with Crippen LogP contribution < -0.4 is 4.72 Å². The molecule has 88 valence electrons. The molecule has 0 radical (unpaired) electrons. The van der Waals surface area contributed by atoms with Gasteiger partial charge in [0.15, 0.2) is 5.82 Å². The minimum absolute atomic E-state index is 0.0246. The molecule has 7 nitrogen and oxygen atoms in total. The molecule has 0 saturated carbocycles. The Morgan fingerprint density at radius 1 is 1.24 bits per heavy atom. The molecular weight excluding hydrogens is 266 g/mol. The summed E-state index contributed by atoms with van der Waals surface area (Å²) in [4.78, 5) is 7.07. The molecule has 0 fully saturated rings. The molecular formula is C8H6ClN5O2S. The van der Waals surface area contributed by atoms with Gasteiger partial charge >= 0.3 is 0 Å². The normalized spacial score (nSPS) is 11.1. The molecule has 0 saturated heterocycles. The van der Waals surface area contributed by atoms with Crippen molar-refractivity contribution >= 4 is 27.4 Å². The van der Waals surface area contributed by atoms with Crippen LogP contribution in [0.5, 0.6) is 0 Å². The van der Waals surface area contributed by atoms with Crippen LogP contribution in [0.25, 0.3) is 0 Å². The van der Waals surface area contributed by atoms with Crippen LogP contribution in [0.15, 0.2) is 35.6 Å². The van der Waals surface area contributed by atoms with Crippen molar-refractivity contribution in [1.29, 1.82) is 0 Å². The van der Waals surface area contributed by atoms with Gasteiger partial charge < -0.3 is 0 Å². The van der Waals surface area contributed by atoms with Crippen molar-refractivity contribution in [2.75, 3.05) is 4.72 Å². The fourth-order valence-corrected chi connectivity index (χ4v) is 1.97. The number of hydrogen-bond acceptors (Lipinski definition) is 6. The summed E-state index contributed by atoms with van der Waals surface area (Å²) in [5.74, 6) is 0.113. The number of nitrogens with zero attached hydrogens (tertiary/aromatic N) is 4. The van der Waals surface area contributed by atoms with Gasteiger partial charge in [-0.1, -0.05) is 0 Å². The SMILES string of the molecule is O=S(=O)(Nc1cccnn1)c1cnc(Cl)nc1. The minimum Gasteiger partial charge on any atom is -0.262 e. The summed E-state index contributed by atoms with van der Waals surface area (Å²) in [6.45, 7) is 0. The Morgan fingerprint density at radius 3 is 2.53 bits per heavy atom. The van der Waals surface area contributed by atoms with Gasteiger partial charge in [0.2, 0.25) is 5.28 Å². The van der Waals surface area contributed by atoms with E-state index in [0.29, 0.717) is 0 Å². The molecule has 0 aliphatic carbocycles. The average Bonchev–Trinajstić information content (AvgIpc) is 2.30. The van der Waals surface area contributed by atoms with Gasteiger partial charge in [0.05, 0.1) is 12.4 Å². The average molecular weight is 272 g/mol. The molecule has 0 aromatic carbocycles. The third-order valence-electron chi connectivity index (χ3n) is 1.72. The molecule has 0 aliphatic heterocycles. The Kier molecular flexibility index (Phi) is 3.16. The Morgan fingerprint density at radius 2 is 1.94 bits per heavy atom. The maximum Gasteiger partial charge on any atom is 0.266 e. The van der Waals surface area contributed by atoms with E-state index in [1.807, 2.05) is 0 Å². The molecule has 2 heterocycles. The van der Waals surface area contributed by atoms with Gasteiger partial charge in [0.1, 0.15) is 4.90 Å². The van der Waals surface area contributed by atoms with Crippen LogP contribution in [-0.2, 0) is 10.0 Å². The Bertz CT molecular complexity index is 602. The first-order valence-electron chi connectivity index (χ1n) is 4.36. The van der Waals surface area contributed by atoms with E-state index in [4.69, 9.17) is 11.6 Å². The molecule has 1 N–H and O–H groups in total. The predicted molar refractivity (Wildman–Crippen MR) is 59.9 cm³/mol. The van der Waals surface area contributed by atoms with Crippen molar-refractivity contribution in [2.24, 2.45) is 0 Å². The van der Waals surface area contributed by atoms with E-state index in [1.54, 1.807) is 6.07 Å². The van der Waals surface area contributed by atoms with Crippen LogP contribution in [-0.4, -0.2) is 28.6 Å². The van der Waals surface area contributed by atoms with Crippen LogP contribution in [0, 0.1) is 0 Å². The van der Waals surface area contributed by atoms with Crippen LogP contribution in [0.1, 0.15) is 0 Å². The largest absolute Gasteiger partial charge is 0.266 e. The molecule has 0 spiro atoms. The predicted octanol–water partition coefficient (Wildman–Crippen LogP) is 0.721. The van der Waals surface area contributed by atoms with E-state index >= 15 is 0 Å². The number of aromatic nitrogens is 4. The fourth-order valence-electron chi connectivity index (χ4n) is 0.992. The number of hydrogen-bond donors (Lipinski definition) is 1. The molecule has 0 aliphatic rings. The number of anilines is 1. The Balaban J connectivity index is 2.29. The monoisotopic (exact) mass is 271 g/mol. The van der Waals surface area contributed by atoms with Gasteiger partial charge in [0, 0.05) is 6.20 Å². The fraction of sp³-hybridized carbons (Fsp3) is 0. The van der Waals surface area contributed by atoms with Crippen molar-refractivity contribution < 1.29 is 8.42 Å². The first-order chi connectivity index (χ1) is 8.08. The summed E-state index contributed by atoms with van der Waals surface area (Å²) < 4.78 is 25.9. The molecule has 17 heavy (non-hydrogen) atoms. The zero-order valence-electron chi connectivity index (χ0n) is 8.28. The zero-order chi connectivity index (χ0) is 12.3. The summed E-state index contributed by atoms with van der Waals surface area (Å²) in [5.41, 5.74) is 0. The second-order valence-electron chi connectivity index (χ2n) is 2.90. The van der Waals surface area contributed by atoms with E-state index in [9.17, 15) is 8.42 Å². The van der Waals surface area contributed by atoms with E-state index in [-0.39, 0.29) is 16.0 Å². The molecule has 0 unspecified atom stereocenters. The molecule has 2 aromatic rings. The third kappa shape index (κ3) is 2.86. The molecule has 0 bridgehead atoms. The number of rotatable bonds is 3. The van der Waals surface area contributed by atoms with Gasteiger partial charge in [-0.25, -0.2) is 18.4 Å². The zero-order valence-corrected chi connectivity index (χ0v) is 9.85. The van der Waals surface area contributed by atoms with E-state index in [0.717, 1.165) is 12.4 Å². The maximum absolute atomic E-state index is 11.8. The lowest BCUT2D eigenvalue weighted by Gasteiger charge is -2.05. The van der Waals surface area contributed by atoms with Crippen LogP contribution in [0.2, 0.25) is 5.28 Å². The van der Waals surface area contributed by atoms with Gasteiger partial charge in [-0.05, 0) is 23.7 Å². The van der Waals surface area contributed by atoms with Gasteiger partial charge in [-0.2, -0.15) is 5.10 Å². The van der Waals surface area contributed by atoms with Crippen LogP contribution >= 0.6 is 11.6 Å². The maximum atomic E-state index is 11.8. The lowest BCUT2D eigenvalue weighted by molar-refractivity contribution is 0.600. The molecule has 0 atom stereocenters. The quantitative estimate of drug-likeness (QED) is 0.826. The summed E-state index contributed by atoms with van der Waals surface area (Å²) >= 11 is 5.46. The van der Waals surface area contributed by atoms with Gasteiger partial charge in [-0.3, -0.25) is 4.72 Å². The van der Waals surface area contributed by atoms with Gasteiger partial charge in [-0.15, -0.1) is 5.10 Å².